The van der Waals surface area contributed by atoms with E-state index in [2.05, 4.69) is 16.4 Å². The molecule has 0 aliphatic heterocycles. The maximum atomic E-state index is 12.8. The molecule has 4 N–H and O–H groups in total. The monoisotopic (exact) mass is 483 g/mol. The van der Waals surface area contributed by atoms with Crippen LogP contribution in [0.1, 0.15) is 23.1 Å². The van der Waals surface area contributed by atoms with Crippen LogP contribution in [-0.4, -0.2) is 34.7 Å². The first kappa shape index (κ1) is 24.8. The van der Waals surface area contributed by atoms with Gasteiger partial charge in [0.05, 0.1) is 6.04 Å². The van der Waals surface area contributed by atoms with Crippen molar-refractivity contribution in [2.75, 3.05) is 6.61 Å². The SMILES string of the molecule is O=C(/C=C/c1ccc(OC[C@H](Cc2c[nH]c3ccccc23)NC(=O)CCc2ccccc2)cc1)NO. The van der Waals surface area contributed by atoms with Gasteiger partial charge in [-0.3, -0.25) is 14.8 Å². The lowest BCUT2D eigenvalue weighted by molar-refractivity contribution is -0.124. The highest BCUT2D eigenvalue weighted by Crippen LogP contribution is 2.20. The number of ether oxygens (including phenoxy) is 1. The van der Waals surface area contributed by atoms with Crippen molar-refractivity contribution in [3.8, 4) is 5.75 Å². The van der Waals surface area contributed by atoms with E-state index in [0.717, 1.165) is 27.6 Å². The van der Waals surface area contributed by atoms with E-state index in [1.807, 2.05) is 66.9 Å². The number of benzene rings is 3. The van der Waals surface area contributed by atoms with Crippen molar-refractivity contribution in [1.82, 2.24) is 15.8 Å². The molecule has 0 aliphatic carbocycles. The van der Waals surface area contributed by atoms with Gasteiger partial charge in [0.25, 0.3) is 5.91 Å². The first-order valence-corrected chi connectivity index (χ1v) is 11.8. The predicted octanol–water partition coefficient (Wildman–Crippen LogP) is 4.43. The number of aromatic nitrogens is 1. The van der Waals surface area contributed by atoms with Gasteiger partial charge in [-0.15, -0.1) is 0 Å². The second kappa shape index (κ2) is 12.4. The number of aryl methyl sites for hydroxylation is 1. The molecule has 0 radical (unpaired) electrons. The van der Waals surface area contributed by atoms with E-state index >= 15 is 0 Å². The lowest BCUT2D eigenvalue weighted by atomic mass is 10.0. The molecule has 2 amide bonds. The van der Waals surface area contributed by atoms with Crippen LogP contribution in [0.5, 0.6) is 5.75 Å². The van der Waals surface area contributed by atoms with E-state index in [1.165, 1.54) is 6.08 Å². The first-order valence-electron chi connectivity index (χ1n) is 11.8. The number of carbonyl (C=O) groups excluding carboxylic acids is 2. The van der Waals surface area contributed by atoms with Gasteiger partial charge in [0.15, 0.2) is 0 Å². The minimum Gasteiger partial charge on any atom is -0.491 e. The predicted molar refractivity (Wildman–Crippen MR) is 140 cm³/mol. The van der Waals surface area contributed by atoms with Gasteiger partial charge in [-0.1, -0.05) is 60.7 Å². The molecule has 0 bridgehead atoms. The number of H-pyrrole nitrogens is 1. The van der Waals surface area contributed by atoms with Crippen molar-refractivity contribution < 1.29 is 19.5 Å². The number of amides is 2. The van der Waals surface area contributed by atoms with Gasteiger partial charge >= 0.3 is 0 Å². The Morgan fingerprint density at radius 3 is 2.50 bits per heavy atom. The molecule has 0 fully saturated rings. The number of para-hydroxylation sites is 1. The minimum atomic E-state index is -0.599. The number of aromatic amines is 1. The van der Waals surface area contributed by atoms with Crippen LogP contribution in [-0.2, 0) is 22.4 Å². The highest BCUT2D eigenvalue weighted by Gasteiger charge is 2.16. The molecular formula is C29H29N3O4. The number of rotatable bonds is 11. The summed E-state index contributed by atoms with van der Waals surface area (Å²) < 4.78 is 6.03. The molecule has 4 aromatic rings. The summed E-state index contributed by atoms with van der Waals surface area (Å²) in [6.45, 7) is 0.304. The largest absolute Gasteiger partial charge is 0.491 e. The maximum Gasteiger partial charge on any atom is 0.267 e. The van der Waals surface area contributed by atoms with Crippen LogP contribution in [0.2, 0.25) is 0 Å². The zero-order valence-corrected chi connectivity index (χ0v) is 19.8. The third-order valence-corrected chi connectivity index (χ3v) is 5.86. The Morgan fingerprint density at radius 1 is 0.972 bits per heavy atom. The number of fused-ring (bicyclic) bond motifs is 1. The molecule has 36 heavy (non-hydrogen) atoms. The summed E-state index contributed by atoms with van der Waals surface area (Å²) >= 11 is 0. The van der Waals surface area contributed by atoms with E-state index in [9.17, 15) is 9.59 Å². The molecule has 184 valence electrons. The average molecular weight is 484 g/mol. The molecule has 0 saturated heterocycles. The summed E-state index contributed by atoms with van der Waals surface area (Å²) in [5.41, 5.74) is 5.64. The highest BCUT2D eigenvalue weighted by molar-refractivity contribution is 5.90. The minimum absolute atomic E-state index is 0.0186. The topological polar surface area (TPSA) is 103 Å². The molecule has 0 unspecified atom stereocenters. The van der Waals surface area contributed by atoms with E-state index < -0.39 is 5.91 Å². The third kappa shape index (κ3) is 7.07. The molecular weight excluding hydrogens is 454 g/mol. The standard InChI is InChI=1S/C29H29N3O4/c33-28(16-12-21-6-2-1-3-7-21)31-24(18-23-19-30-27-9-5-4-8-26(23)27)20-36-25-14-10-22(11-15-25)13-17-29(34)32-35/h1-11,13-15,17,19,24,30,35H,12,16,18,20H2,(H,31,33)(H,32,34)/b17-13+/t24-/m0/s1. The van der Waals surface area contributed by atoms with Gasteiger partial charge in [-0.2, -0.15) is 0 Å². The summed E-state index contributed by atoms with van der Waals surface area (Å²) in [7, 11) is 0. The molecule has 1 atom stereocenters. The summed E-state index contributed by atoms with van der Waals surface area (Å²) in [6, 6.07) is 25.1. The van der Waals surface area contributed by atoms with Crippen LogP contribution in [0.3, 0.4) is 0 Å². The number of hydrogen-bond acceptors (Lipinski definition) is 4. The Hall–Kier alpha value is -4.36. The summed E-state index contributed by atoms with van der Waals surface area (Å²) in [5, 5.41) is 12.9. The quantitative estimate of drug-likeness (QED) is 0.144. The van der Waals surface area contributed by atoms with Crippen LogP contribution in [0, 0.1) is 0 Å². The molecule has 1 heterocycles. The van der Waals surface area contributed by atoms with Gasteiger partial charge in [0, 0.05) is 29.6 Å². The van der Waals surface area contributed by atoms with Crippen molar-refractivity contribution in [3.63, 3.8) is 0 Å². The zero-order valence-electron chi connectivity index (χ0n) is 19.8. The van der Waals surface area contributed by atoms with E-state index in [0.29, 0.717) is 31.6 Å². The smallest absolute Gasteiger partial charge is 0.267 e. The van der Waals surface area contributed by atoms with E-state index in [1.54, 1.807) is 23.7 Å². The number of nitrogens with one attached hydrogen (secondary N) is 3. The van der Waals surface area contributed by atoms with Crippen molar-refractivity contribution in [2.45, 2.75) is 25.3 Å². The van der Waals surface area contributed by atoms with Crippen LogP contribution in [0.15, 0.2) is 91.1 Å². The third-order valence-electron chi connectivity index (χ3n) is 5.86. The Kier molecular flexibility index (Phi) is 8.51. The van der Waals surface area contributed by atoms with Gasteiger partial charge in [-0.25, -0.2) is 5.48 Å². The van der Waals surface area contributed by atoms with E-state index in [4.69, 9.17) is 9.94 Å². The van der Waals surface area contributed by atoms with Crippen LogP contribution in [0.4, 0.5) is 0 Å². The fourth-order valence-corrected chi connectivity index (χ4v) is 4.00. The van der Waals surface area contributed by atoms with Gasteiger partial charge < -0.3 is 15.0 Å². The number of hydroxylamine groups is 1. The van der Waals surface area contributed by atoms with Crippen molar-refractivity contribution >= 4 is 28.8 Å². The number of carbonyl (C=O) groups is 2. The summed E-state index contributed by atoms with van der Waals surface area (Å²) in [6.07, 6.45) is 6.50. The van der Waals surface area contributed by atoms with Crippen molar-refractivity contribution in [3.05, 3.63) is 108 Å². The van der Waals surface area contributed by atoms with Crippen molar-refractivity contribution in [1.29, 1.82) is 0 Å². The molecule has 7 nitrogen and oxygen atoms in total. The summed E-state index contributed by atoms with van der Waals surface area (Å²) in [5.74, 6) is 0.0367. The first-order chi connectivity index (χ1) is 17.6. The van der Waals surface area contributed by atoms with Crippen LogP contribution < -0.4 is 15.5 Å². The Labute approximate surface area is 209 Å². The molecule has 3 aromatic carbocycles. The van der Waals surface area contributed by atoms with Crippen LogP contribution in [0.25, 0.3) is 17.0 Å². The lowest BCUT2D eigenvalue weighted by Crippen LogP contribution is -2.40. The molecule has 0 saturated carbocycles. The Morgan fingerprint density at radius 2 is 1.72 bits per heavy atom. The highest BCUT2D eigenvalue weighted by atomic mass is 16.5. The molecule has 0 spiro atoms. The Balaban J connectivity index is 1.41. The lowest BCUT2D eigenvalue weighted by Gasteiger charge is -2.19. The maximum absolute atomic E-state index is 12.8. The fourth-order valence-electron chi connectivity index (χ4n) is 4.00. The number of hydrogen-bond donors (Lipinski definition) is 4. The van der Waals surface area contributed by atoms with E-state index in [-0.39, 0.29) is 11.9 Å². The van der Waals surface area contributed by atoms with Gasteiger partial charge in [0.2, 0.25) is 5.91 Å². The van der Waals surface area contributed by atoms with Crippen molar-refractivity contribution in [2.24, 2.45) is 0 Å². The second-order valence-electron chi connectivity index (χ2n) is 8.50. The summed E-state index contributed by atoms with van der Waals surface area (Å²) in [4.78, 5) is 27.2. The second-order valence-corrected chi connectivity index (χ2v) is 8.50. The molecule has 1 aromatic heterocycles. The average Bonchev–Trinajstić information content (AvgIpc) is 3.33. The molecule has 0 aliphatic rings. The fraction of sp³-hybridized carbons (Fsp3) is 0.172. The normalized spacial score (nSPS) is 11.9. The van der Waals surface area contributed by atoms with Gasteiger partial charge in [0.1, 0.15) is 12.4 Å². The Bertz CT molecular complexity index is 1310. The molecule has 7 heteroatoms. The zero-order chi connectivity index (χ0) is 25.2. The van der Waals surface area contributed by atoms with Crippen LogP contribution >= 0.6 is 0 Å². The van der Waals surface area contributed by atoms with Gasteiger partial charge in [-0.05, 0) is 53.8 Å². The molecule has 4 rings (SSSR count).